The van der Waals surface area contributed by atoms with Crippen LogP contribution in [0.1, 0.15) is 44.6 Å². The van der Waals surface area contributed by atoms with Crippen molar-refractivity contribution < 1.29 is 0 Å². The molecule has 20 heavy (non-hydrogen) atoms. The third kappa shape index (κ3) is 2.87. The smallest absolute Gasteiger partial charge is 0.293 e. The van der Waals surface area contributed by atoms with Crippen molar-refractivity contribution in [2.75, 3.05) is 18.4 Å². The summed E-state index contributed by atoms with van der Waals surface area (Å²) in [5.74, 6) is 1.66. The van der Waals surface area contributed by atoms with Crippen LogP contribution in [0.4, 0.5) is 5.82 Å². The molecule has 3 rings (SSSR count). The first-order valence-corrected chi connectivity index (χ1v) is 7.80. The lowest BCUT2D eigenvalue weighted by molar-refractivity contribution is 0.255. The molecule has 1 aromatic rings. The Labute approximate surface area is 119 Å². The van der Waals surface area contributed by atoms with Gasteiger partial charge in [-0.1, -0.05) is 12.8 Å². The molecule has 0 amide bonds. The molecule has 2 fully saturated rings. The topological polar surface area (TPSA) is 72.9 Å². The molecule has 5 nitrogen and oxygen atoms in total. The van der Waals surface area contributed by atoms with Gasteiger partial charge in [-0.05, 0) is 44.1 Å². The summed E-state index contributed by atoms with van der Waals surface area (Å²) in [7, 11) is 0. The Bertz CT molecular complexity index is 509. The fourth-order valence-corrected chi connectivity index (χ4v) is 3.28. The summed E-state index contributed by atoms with van der Waals surface area (Å²) in [5, 5.41) is 3.27. The highest BCUT2D eigenvalue weighted by Crippen LogP contribution is 2.33. The van der Waals surface area contributed by atoms with Crippen LogP contribution in [-0.4, -0.2) is 22.6 Å². The predicted octanol–water partition coefficient (Wildman–Crippen LogP) is 1.76. The van der Waals surface area contributed by atoms with Crippen LogP contribution in [0, 0.1) is 11.8 Å². The van der Waals surface area contributed by atoms with Gasteiger partial charge in [-0.3, -0.25) is 4.79 Å². The molecule has 2 aliphatic carbocycles. The first-order valence-electron chi connectivity index (χ1n) is 7.80. The zero-order chi connectivity index (χ0) is 13.9. The molecule has 0 radical (unpaired) electrons. The lowest BCUT2D eigenvalue weighted by atomic mass is 9.79. The summed E-state index contributed by atoms with van der Waals surface area (Å²) in [6.07, 6.45) is 10.7. The Morgan fingerprint density at radius 3 is 2.70 bits per heavy atom. The van der Waals surface area contributed by atoms with Gasteiger partial charge < -0.3 is 15.6 Å². The van der Waals surface area contributed by atoms with E-state index in [1.807, 2.05) is 4.57 Å². The molecule has 0 aromatic carbocycles. The van der Waals surface area contributed by atoms with Crippen LogP contribution in [0.25, 0.3) is 0 Å². The van der Waals surface area contributed by atoms with Gasteiger partial charge in [0.15, 0.2) is 5.82 Å². The zero-order valence-corrected chi connectivity index (χ0v) is 11.9. The van der Waals surface area contributed by atoms with Crippen molar-refractivity contribution in [3.63, 3.8) is 0 Å². The van der Waals surface area contributed by atoms with E-state index < -0.39 is 0 Å². The van der Waals surface area contributed by atoms with Crippen molar-refractivity contribution in [3.05, 3.63) is 22.7 Å². The van der Waals surface area contributed by atoms with Crippen LogP contribution < -0.4 is 16.6 Å². The number of nitrogens with zero attached hydrogens (tertiary/aromatic N) is 2. The van der Waals surface area contributed by atoms with Crippen molar-refractivity contribution in [3.8, 4) is 0 Å². The number of aromatic nitrogens is 2. The van der Waals surface area contributed by atoms with Crippen molar-refractivity contribution in [1.82, 2.24) is 9.55 Å². The van der Waals surface area contributed by atoms with Gasteiger partial charge in [-0.15, -0.1) is 0 Å². The molecule has 0 saturated heterocycles. The summed E-state index contributed by atoms with van der Waals surface area (Å²) in [6.45, 7) is 1.57. The summed E-state index contributed by atoms with van der Waals surface area (Å²) < 4.78 is 1.82. The molecule has 2 atom stereocenters. The third-order valence-electron chi connectivity index (χ3n) is 4.71. The number of hydrogen-bond acceptors (Lipinski definition) is 4. The lowest BCUT2D eigenvalue weighted by Crippen LogP contribution is -2.33. The average Bonchev–Trinajstić information content (AvgIpc) is 3.31. The molecule has 2 unspecified atom stereocenters. The fraction of sp³-hybridized carbons (Fsp3) is 0.733. The molecule has 2 saturated carbocycles. The summed E-state index contributed by atoms with van der Waals surface area (Å²) in [5.41, 5.74) is 5.88. The van der Waals surface area contributed by atoms with Gasteiger partial charge >= 0.3 is 0 Å². The van der Waals surface area contributed by atoms with Gasteiger partial charge in [0.25, 0.3) is 5.56 Å². The van der Waals surface area contributed by atoms with E-state index in [2.05, 4.69) is 10.3 Å². The maximum atomic E-state index is 12.3. The monoisotopic (exact) mass is 276 g/mol. The van der Waals surface area contributed by atoms with E-state index >= 15 is 0 Å². The number of nitrogens with two attached hydrogens (primary N) is 1. The molecule has 0 aliphatic heterocycles. The molecule has 5 heteroatoms. The summed E-state index contributed by atoms with van der Waals surface area (Å²) >= 11 is 0. The molecule has 3 N–H and O–H groups in total. The van der Waals surface area contributed by atoms with E-state index in [-0.39, 0.29) is 5.56 Å². The lowest BCUT2D eigenvalue weighted by Gasteiger charge is -2.30. The molecule has 1 aromatic heterocycles. The maximum Gasteiger partial charge on any atom is 0.293 e. The summed E-state index contributed by atoms with van der Waals surface area (Å²) in [6, 6.07) is 0.400. The number of nitrogens with one attached hydrogen (secondary N) is 1. The van der Waals surface area contributed by atoms with Crippen LogP contribution >= 0.6 is 0 Å². The van der Waals surface area contributed by atoms with Gasteiger partial charge in [0.1, 0.15) is 0 Å². The second-order valence-corrected chi connectivity index (χ2v) is 6.14. The van der Waals surface area contributed by atoms with E-state index in [1.54, 1.807) is 12.4 Å². The van der Waals surface area contributed by atoms with Crippen LogP contribution in [0.5, 0.6) is 0 Å². The Hall–Kier alpha value is -1.36. The van der Waals surface area contributed by atoms with E-state index in [4.69, 9.17) is 5.73 Å². The van der Waals surface area contributed by atoms with Crippen LogP contribution in [0.2, 0.25) is 0 Å². The van der Waals surface area contributed by atoms with Crippen molar-refractivity contribution in [2.45, 2.75) is 44.6 Å². The Kier molecular flexibility index (Phi) is 4.05. The molecule has 0 bridgehead atoms. The highest BCUT2D eigenvalue weighted by atomic mass is 16.1. The van der Waals surface area contributed by atoms with Crippen LogP contribution in [0.15, 0.2) is 17.2 Å². The number of hydrogen-bond donors (Lipinski definition) is 2. The molecular weight excluding hydrogens is 252 g/mol. The number of anilines is 1. The molecule has 2 aliphatic rings. The minimum Gasteiger partial charge on any atom is -0.365 e. The Balaban J connectivity index is 1.65. The fourth-order valence-electron chi connectivity index (χ4n) is 3.28. The average molecular weight is 276 g/mol. The zero-order valence-electron chi connectivity index (χ0n) is 11.9. The summed E-state index contributed by atoms with van der Waals surface area (Å²) in [4.78, 5) is 16.5. The predicted molar refractivity (Wildman–Crippen MR) is 79.8 cm³/mol. The van der Waals surface area contributed by atoms with E-state index in [0.29, 0.717) is 23.7 Å². The molecule has 0 spiro atoms. The quantitative estimate of drug-likeness (QED) is 0.859. The first kappa shape index (κ1) is 13.6. The Morgan fingerprint density at radius 1 is 1.25 bits per heavy atom. The minimum atomic E-state index is 0.0232. The Morgan fingerprint density at radius 2 is 2.00 bits per heavy atom. The minimum absolute atomic E-state index is 0.0232. The van der Waals surface area contributed by atoms with Gasteiger partial charge in [0.05, 0.1) is 0 Å². The van der Waals surface area contributed by atoms with Crippen molar-refractivity contribution in [1.29, 1.82) is 0 Å². The van der Waals surface area contributed by atoms with Crippen LogP contribution in [-0.2, 0) is 0 Å². The van der Waals surface area contributed by atoms with Gasteiger partial charge in [0.2, 0.25) is 0 Å². The molecule has 110 valence electrons. The second kappa shape index (κ2) is 5.95. The van der Waals surface area contributed by atoms with E-state index in [9.17, 15) is 4.79 Å². The van der Waals surface area contributed by atoms with Gasteiger partial charge in [-0.2, -0.15) is 0 Å². The maximum absolute atomic E-state index is 12.3. The molecule has 1 heterocycles. The third-order valence-corrected chi connectivity index (χ3v) is 4.71. The van der Waals surface area contributed by atoms with Gasteiger partial charge in [0, 0.05) is 25.0 Å². The second-order valence-electron chi connectivity index (χ2n) is 6.14. The van der Waals surface area contributed by atoms with E-state index in [0.717, 1.165) is 25.9 Å². The first-order chi connectivity index (χ1) is 9.79. The normalized spacial score (nSPS) is 26.4. The van der Waals surface area contributed by atoms with Gasteiger partial charge in [-0.25, -0.2) is 4.98 Å². The van der Waals surface area contributed by atoms with Crippen LogP contribution in [0.3, 0.4) is 0 Å². The SMILES string of the molecule is NCC1CCCCC1CNc1nccn(C2CC2)c1=O. The highest BCUT2D eigenvalue weighted by Gasteiger charge is 2.26. The van der Waals surface area contributed by atoms with E-state index in [1.165, 1.54) is 25.7 Å². The van der Waals surface area contributed by atoms with Crippen molar-refractivity contribution >= 4 is 5.82 Å². The highest BCUT2D eigenvalue weighted by molar-refractivity contribution is 5.31. The largest absolute Gasteiger partial charge is 0.365 e. The number of rotatable bonds is 5. The molecular formula is C15H24N4O. The standard InChI is InChI=1S/C15H24N4O/c16-9-11-3-1-2-4-12(11)10-18-14-15(20)19(8-7-17-14)13-5-6-13/h7-8,11-13H,1-6,9-10,16H2,(H,17,18). The van der Waals surface area contributed by atoms with Crippen molar-refractivity contribution in [2.24, 2.45) is 17.6 Å².